The van der Waals surface area contributed by atoms with Crippen LogP contribution in [0.3, 0.4) is 0 Å². The lowest BCUT2D eigenvalue weighted by Gasteiger charge is -2.21. The van der Waals surface area contributed by atoms with Crippen LogP contribution in [0.1, 0.15) is 47.1 Å². The van der Waals surface area contributed by atoms with Gasteiger partial charge in [0.25, 0.3) is 0 Å². The zero-order chi connectivity index (χ0) is 20.2. The monoisotopic (exact) mass is 372 g/mol. The first-order valence-electron chi connectivity index (χ1n) is 8.60. The first-order valence-corrected chi connectivity index (χ1v) is 8.60. The molecule has 0 radical (unpaired) electrons. The third-order valence-electron chi connectivity index (χ3n) is 3.25. The number of quaternary nitrogens is 1. The number of rotatable bonds is 6. The molecule has 2 aromatic carbocycles. The SMILES string of the molecule is CC(C)(C)OOC(=O)c1ccc(C(=O)c2ccc(O[N+](C)(C)C)cc2)cc1. The van der Waals surface area contributed by atoms with E-state index in [0.717, 1.165) is 0 Å². The van der Waals surface area contributed by atoms with Crippen molar-refractivity contribution in [2.24, 2.45) is 0 Å². The van der Waals surface area contributed by atoms with Gasteiger partial charge in [-0.25, -0.2) is 4.79 Å². The molecule has 0 aliphatic rings. The van der Waals surface area contributed by atoms with Crippen LogP contribution < -0.4 is 4.84 Å². The van der Waals surface area contributed by atoms with Gasteiger partial charge in [0.1, 0.15) is 26.7 Å². The van der Waals surface area contributed by atoms with Crippen molar-refractivity contribution in [1.82, 2.24) is 0 Å². The molecule has 2 rings (SSSR count). The van der Waals surface area contributed by atoms with Crippen molar-refractivity contribution in [3.8, 4) is 5.75 Å². The molecule has 0 spiro atoms. The second kappa shape index (κ2) is 7.90. The van der Waals surface area contributed by atoms with Gasteiger partial charge >= 0.3 is 5.97 Å². The molecule has 0 N–H and O–H groups in total. The Labute approximate surface area is 159 Å². The second-order valence-electron chi connectivity index (χ2n) is 7.98. The van der Waals surface area contributed by atoms with Gasteiger partial charge in [0.05, 0.1) is 5.56 Å². The average Bonchev–Trinajstić information content (AvgIpc) is 2.58. The van der Waals surface area contributed by atoms with Crippen LogP contribution in [0.4, 0.5) is 0 Å². The predicted molar refractivity (Wildman–Crippen MR) is 101 cm³/mol. The standard InChI is InChI=1S/C21H26NO5/c1-21(2,3)27-26-20(24)17-9-7-15(8-10-17)19(23)16-11-13-18(14-12-16)25-22(4,5)6/h7-14H,1-6H3/q+1. The third-order valence-corrected chi connectivity index (χ3v) is 3.25. The van der Waals surface area contributed by atoms with E-state index in [4.69, 9.17) is 14.6 Å². The highest BCUT2D eigenvalue weighted by Crippen LogP contribution is 2.18. The summed E-state index contributed by atoms with van der Waals surface area (Å²) >= 11 is 0. The second-order valence-corrected chi connectivity index (χ2v) is 7.98. The lowest BCUT2D eigenvalue weighted by Crippen LogP contribution is -2.38. The van der Waals surface area contributed by atoms with E-state index < -0.39 is 11.6 Å². The maximum atomic E-state index is 12.6. The van der Waals surface area contributed by atoms with E-state index in [1.807, 2.05) is 21.1 Å². The minimum Gasteiger partial charge on any atom is -0.316 e. The average molecular weight is 372 g/mol. The minimum absolute atomic E-state index is 0.141. The summed E-state index contributed by atoms with van der Waals surface area (Å²) in [5, 5.41) is 0. The molecule has 0 aromatic heterocycles. The Morgan fingerprint density at radius 1 is 0.778 bits per heavy atom. The van der Waals surface area contributed by atoms with Crippen LogP contribution in [0, 0.1) is 0 Å². The Morgan fingerprint density at radius 3 is 1.67 bits per heavy atom. The predicted octanol–water partition coefficient (Wildman–Crippen LogP) is 3.80. The molecule has 27 heavy (non-hydrogen) atoms. The van der Waals surface area contributed by atoms with Gasteiger partial charge in [-0.05, 0) is 57.2 Å². The number of benzene rings is 2. The van der Waals surface area contributed by atoms with Gasteiger partial charge < -0.3 is 4.84 Å². The van der Waals surface area contributed by atoms with Crippen LogP contribution in [-0.4, -0.2) is 43.1 Å². The van der Waals surface area contributed by atoms with E-state index >= 15 is 0 Å². The Morgan fingerprint density at radius 2 is 1.22 bits per heavy atom. The lowest BCUT2D eigenvalue weighted by molar-refractivity contribution is -1.03. The van der Waals surface area contributed by atoms with Crippen molar-refractivity contribution in [3.05, 3.63) is 65.2 Å². The molecule has 0 heterocycles. The number of hydrogen-bond donors (Lipinski definition) is 0. The van der Waals surface area contributed by atoms with Crippen LogP contribution in [0.25, 0.3) is 0 Å². The molecule has 0 bridgehead atoms. The molecule has 0 unspecified atom stereocenters. The molecule has 6 nitrogen and oxygen atoms in total. The van der Waals surface area contributed by atoms with Crippen molar-refractivity contribution in [3.63, 3.8) is 0 Å². The number of hydrogen-bond acceptors (Lipinski definition) is 5. The molecule has 6 heteroatoms. The zero-order valence-electron chi connectivity index (χ0n) is 16.6. The van der Waals surface area contributed by atoms with Crippen LogP contribution in [-0.2, 0) is 9.78 Å². The Kier molecular flexibility index (Phi) is 6.03. The molecule has 0 saturated carbocycles. The van der Waals surface area contributed by atoms with E-state index in [1.165, 1.54) is 12.1 Å². The largest absolute Gasteiger partial charge is 0.373 e. The maximum absolute atomic E-state index is 12.6. The van der Waals surface area contributed by atoms with E-state index in [9.17, 15) is 9.59 Å². The number of hydroxylamine groups is 3. The lowest BCUT2D eigenvalue weighted by atomic mass is 10.0. The van der Waals surface area contributed by atoms with E-state index in [-0.39, 0.29) is 5.78 Å². The van der Waals surface area contributed by atoms with Gasteiger partial charge in [0.15, 0.2) is 11.5 Å². The molecular weight excluding hydrogens is 346 g/mol. The summed E-state index contributed by atoms with van der Waals surface area (Å²) in [4.78, 5) is 40.0. The summed E-state index contributed by atoms with van der Waals surface area (Å²) < 4.78 is 0.323. The van der Waals surface area contributed by atoms with Crippen LogP contribution >= 0.6 is 0 Å². The smallest absolute Gasteiger partial charge is 0.316 e. The topological polar surface area (TPSA) is 61.8 Å². The summed E-state index contributed by atoms with van der Waals surface area (Å²) in [5.74, 6) is -0.0700. The van der Waals surface area contributed by atoms with Crippen molar-refractivity contribution >= 4 is 11.8 Å². The van der Waals surface area contributed by atoms with E-state index in [1.54, 1.807) is 57.2 Å². The molecule has 0 atom stereocenters. The summed E-state index contributed by atoms with van der Waals surface area (Å²) in [6.07, 6.45) is 0. The quantitative estimate of drug-likeness (QED) is 0.334. The van der Waals surface area contributed by atoms with E-state index in [2.05, 4.69) is 0 Å². The van der Waals surface area contributed by atoms with E-state index in [0.29, 0.717) is 27.1 Å². The Bertz CT molecular complexity index is 796. The van der Waals surface area contributed by atoms with Gasteiger partial charge in [-0.3, -0.25) is 9.68 Å². The first kappa shape index (κ1) is 20.6. The van der Waals surface area contributed by atoms with Crippen LogP contribution in [0.5, 0.6) is 5.75 Å². The van der Waals surface area contributed by atoms with Gasteiger partial charge in [-0.15, -0.1) is 4.65 Å². The van der Waals surface area contributed by atoms with Crippen LogP contribution in [0.2, 0.25) is 0 Å². The normalized spacial score (nSPS) is 11.8. The molecule has 0 aliphatic carbocycles. The molecule has 0 saturated heterocycles. The van der Waals surface area contributed by atoms with Gasteiger partial charge in [-0.1, -0.05) is 12.1 Å². The zero-order valence-corrected chi connectivity index (χ0v) is 16.6. The van der Waals surface area contributed by atoms with Gasteiger partial charge in [0, 0.05) is 11.1 Å². The number of nitrogens with zero attached hydrogens (tertiary/aromatic N) is 1. The van der Waals surface area contributed by atoms with Crippen molar-refractivity contribution < 1.29 is 28.8 Å². The minimum atomic E-state index is -0.606. The molecular formula is C21H26NO5+. The van der Waals surface area contributed by atoms with Crippen molar-refractivity contribution in [2.45, 2.75) is 26.4 Å². The number of carbonyl (C=O) groups excluding carboxylic acids is 2. The summed E-state index contributed by atoms with van der Waals surface area (Å²) in [5.41, 5.74) is 0.731. The molecule has 2 aromatic rings. The summed E-state index contributed by atoms with van der Waals surface area (Å²) in [6.45, 7) is 5.33. The summed E-state index contributed by atoms with van der Waals surface area (Å²) in [7, 11) is 5.70. The third kappa shape index (κ3) is 6.51. The highest BCUT2D eigenvalue weighted by Gasteiger charge is 2.17. The fraction of sp³-hybridized carbons (Fsp3) is 0.333. The maximum Gasteiger partial charge on any atom is 0.373 e. The molecule has 0 amide bonds. The highest BCUT2D eigenvalue weighted by atomic mass is 17.2. The van der Waals surface area contributed by atoms with Crippen molar-refractivity contribution in [2.75, 3.05) is 21.1 Å². The first-order chi connectivity index (χ1) is 12.4. The van der Waals surface area contributed by atoms with Crippen LogP contribution in [0.15, 0.2) is 48.5 Å². The van der Waals surface area contributed by atoms with Gasteiger partial charge in [-0.2, -0.15) is 4.89 Å². The van der Waals surface area contributed by atoms with Crippen molar-refractivity contribution in [1.29, 1.82) is 0 Å². The highest BCUT2D eigenvalue weighted by molar-refractivity contribution is 6.09. The Hall–Kier alpha value is -2.70. The molecule has 0 aliphatic heterocycles. The molecule has 0 fully saturated rings. The summed E-state index contributed by atoms with van der Waals surface area (Å²) in [6, 6.07) is 13.2. The fourth-order valence-electron chi connectivity index (χ4n) is 2.12. The number of ketones is 1. The van der Waals surface area contributed by atoms with Gasteiger partial charge in [0.2, 0.25) is 0 Å². The molecule has 144 valence electrons. The Balaban J connectivity index is 2.06. The fourth-order valence-corrected chi connectivity index (χ4v) is 2.12. The number of carbonyl (C=O) groups is 2.